The summed E-state index contributed by atoms with van der Waals surface area (Å²) in [6.07, 6.45) is 2.82. The minimum absolute atomic E-state index is 0.0153. The molecule has 0 saturated carbocycles. The molecule has 1 aromatic heterocycles. The van der Waals surface area contributed by atoms with E-state index in [2.05, 4.69) is 43.2 Å². The van der Waals surface area contributed by atoms with E-state index < -0.39 is 16.1 Å². The molecule has 13 heteroatoms. The number of nitrogens with one attached hydrogen (secondary N) is 1. The van der Waals surface area contributed by atoms with Crippen molar-refractivity contribution in [3.8, 4) is 22.9 Å². The van der Waals surface area contributed by atoms with Crippen LogP contribution in [0.5, 0.6) is 11.5 Å². The molecule has 1 unspecified atom stereocenters. The van der Waals surface area contributed by atoms with Gasteiger partial charge in [-0.2, -0.15) is 5.10 Å². The molecular formula is C22H21BrN6O5S. The second-order valence-corrected chi connectivity index (χ2v) is 9.27. The molecular weight excluding hydrogens is 540 g/mol. The lowest BCUT2D eigenvalue weighted by molar-refractivity contribution is -0.385. The van der Waals surface area contributed by atoms with Crippen LogP contribution in [-0.4, -0.2) is 49.3 Å². The minimum Gasteiger partial charge on any atom is -0.504 e. The largest absolute Gasteiger partial charge is 0.504 e. The van der Waals surface area contributed by atoms with Gasteiger partial charge in [-0.25, -0.2) is 5.43 Å². The fraction of sp³-hybridized carbons (Fsp3) is 0.182. The van der Waals surface area contributed by atoms with Crippen molar-refractivity contribution in [2.24, 2.45) is 5.10 Å². The Kier molecular flexibility index (Phi) is 8.60. The van der Waals surface area contributed by atoms with Gasteiger partial charge in [0.15, 0.2) is 22.5 Å². The maximum atomic E-state index is 12.6. The maximum Gasteiger partial charge on any atom is 0.274 e. The Balaban J connectivity index is 1.73. The number of aromatic hydroxyl groups is 1. The molecule has 0 fully saturated rings. The number of phenolic OH excluding ortho intramolecular Hbond substituents is 1. The van der Waals surface area contributed by atoms with Crippen LogP contribution in [0.4, 0.5) is 5.69 Å². The molecule has 3 aromatic rings. The number of methoxy groups -OCH3 is 1. The molecule has 3 rings (SSSR count). The molecule has 0 spiro atoms. The van der Waals surface area contributed by atoms with Gasteiger partial charge in [-0.05, 0) is 19.1 Å². The zero-order valence-electron chi connectivity index (χ0n) is 18.7. The third-order valence-electron chi connectivity index (χ3n) is 4.68. The van der Waals surface area contributed by atoms with Crippen molar-refractivity contribution in [3.63, 3.8) is 0 Å². The van der Waals surface area contributed by atoms with E-state index >= 15 is 0 Å². The Morgan fingerprint density at radius 1 is 1.40 bits per heavy atom. The van der Waals surface area contributed by atoms with Gasteiger partial charge in [-0.3, -0.25) is 19.5 Å². The summed E-state index contributed by atoms with van der Waals surface area (Å²) in [5.41, 5.74) is 2.95. The number of nitro benzene ring substituents is 1. The van der Waals surface area contributed by atoms with E-state index in [-0.39, 0.29) is 22.7 Å². The number of hydrazone groups is 1. The third kappa shape index (κ3) is 6.25. The lowest BCUT2D eigenvalue weighted by atomic mass is 10.2. The van der Waals surface area contributed by atoms with Crippen LogP contribution < -0.4 is 10.2 Å². The lowest BCUT2D eigenvalue weighted by Gasteiger charge is -2.11. The number of hydrogen-bond donors (Lipinski definition) is 2. The van der Waals surface area contributed by atoms with E-state index in [1.165, 1.54) is 18.9 Å². The number of allylic oxidation sites excluding steroid dienone is 1. The highest BCUT2D eigenvalue weighted by Gasteiger charge is 2.21. The van der Waals surface area contributed by atoms with Gasteiger partial charge < -0.3 is 9.84 Å². The number of benzene rings is 2. The number of hydrogen-bond acceptors (Lipinski definition) is 9. The monoisotopic (exact) mass is 560 g/mol. The van der Waals surface area contributed by atoms with Crippen LogP contribution in [0, 0.1) is 10.1 Å². The number of amides is 1. The number of nitrogens with zero attached hydrogens (tertiary/aromatic N) is 5. The van der Waals surface area contributed by atoms with Crippen LogP contribution in [0.15, 0.2) is 63.8 Å². The number of carbonyl (C=O) groups excluding carboxylic acids is 1. The van der Waals surface area contributed by atoms with Crippen molar-refractivity contribution in [1.82, 2.24) is 20.2 Å². The highest BCUT2D eigenvalue weighted by molar-refractivity contribution is 9.10. The fourth-order valence-electron chi connectivity index (χ4n) is 2.92. The molecule has 2 N–H and O–H groups in total. The van der Waals surface area contributed by atoms with Gasteiger partial charge in [0.1, 0.15) is 0 Å². The average Bonchev–Trinajstić information content (AvgIpc) is 3.22. The summed E-state index contributed by atoms with van der Waals surface area (Å²) in [4.78, 5) is 23.0. The van der Waals surface area contributed by atoms with Crippen LogP contribution in [0.3, 0.4) is 0 Å². The minimum atomic E-state index is -0.626. The third-order valence-corrected chi connectivity index (χ3v) is 6.29. The topological polar surface area (TPSA) is 145 Å². The Hall–Kier alpha value is -3.71. The van der Waals surface area contributed by atoms with Gasteiger partial charge in [0.2, 0.25) is 0 Å². The molecule has 0 aliphatic rings. The van der Waals surface area contributed by atoms with Gasteiger partial charge in [-0.1, -0.05) is 45.9 Å². The number of thioether (sulfide) groups is 1. The number of non-ortho nitro benzene ring substituents is 1. The first-order valence-electron chi connectivity index (χ1n) is 10.1. The first-order valence-corrected chi connectivity index (χ1v) is 11.8. The zero-order chi connectivity index (χ0) is 25.5. The molecule has 0 radical (unpaired) electrons. The van der Waals surface area contributed by atoms with Crippen LogP contribution in [0.1, 0.15) is 12.5 Å². The molecule has 0 aliphatic heterocycles. The fourth-order valence-corrected chi connectivity index (χ4v) is 4.04. The molecule has 182 valence electrons. The quantitative estimate of drug-likeness (QED) is 0.124. The first-order chi connectivity index (χ1) is 16.7. The second kappa shape index (κ2) is 11.6. The standard InChI is InChI=1S/C22H21BrN6O5S/c1-4-9-28-20(14-5-7-16(23)8-6-14)25-27-22(28)35-13(2)21(31)26-24-12-15-10-17(29(32)33)11-18(34-3)19(15)30/h4-8,10-13,30H,1,9H2,2-3H3,(H,26,31). The Morgan fingerprint density at radius 2 is 2.11 bits per heavy atom. The van der Waals surface area contributed by atoms with Gasteiger partial charge in [0.05, 0.1) is 29.6 Å². The molecule has 0 saturated heterocycles. The molecule has 0 aliphatic carbocycles. The van der Waals surface area contributed by atoms with Crippen molar-refractivity contribution >= 4 is 45.5 Å². The molecule has 1 atom stereocenters. The van der Waals surface area contributed by atoms with E-state index in [0.29, 0.717) is 17.5 Å². The summed E-state index contributed by atoms with van der Waals surface area (Å²) in [6.45, 7) is 5.90. The SMILES string of the molecule is C=CCn1c(SC(C)C(=O)NN=Cc2cc([N+](=O)[O-])cc(OC)c2O)nnc1-c1ccc(Br)cc1. The summed E-state index contributed by atoms with van der Waals surface area (Å²) in [5.74, 6) is -0.224. The molecule has 0 bridgehead atoms. The smallest absolute Gasteiger partial charge is 0.274 e. The highest BCUT2D eigenvalue weighted by atomic mass is 79.9. The Bertz CT molecular complexity index is 1280. The summed E-state index contributed by atoms with van der Waals surface area (Å²) in [6, 6.07) is 9.82. The van der Waals surface area contributed by atoms with Crippen LogP contribution in [-0.2, 0) is 11.3 Å². The predicted molar refractivity (Wildman–Crippen MR) is 136 cm³/mol. The molecule has 11 nitrogen and oxygen atoms in total. The molecule has 1 amide bonds. The van der Waals surface area contributed by atoms with Gasteiger partial charge in [0.25, 0.3) is 11.6 Å². The lowest BCUT2D eigenvalue weighted by Crippen LogP contribution is -2.27. The Labute approximate surface area is 213 Å². The summed E-state index contributed by atoms with van der Waals surface area (Å²) >= 11 is 4.59. The van der Waals surface area contributed by atoms with Crippen molar-refractivity contribution in [1.29, 1.82) is 0 Å². The van der Waals surface area contributed by atoms with Crippen molar-refractivity contribution in [2.45, 2.75) is 23.9 Å². The summed E-state index contributed by atoms with van der Waals surface area (Å²) in [5, 5.41) is 33.5. The Morgan fingerprint density at radius 3 is 2.74 bits per heavy atom. The predicted octanol–water partition coefficient (Wildman–Crippen LogP) is 4.15. The van der Waals surface area contributed by atoms with Gasteiger partial charge in [-0.15, -0.1) is 16.8 Å². The van der Waals surface area contributed by atoms with Crippen molar-refractivity contribution in [3.05, 3.63) is 69.2 Å². The molecule has 2 aromatic carbocycles. The summed E-state index contributed by atoms with van der Waals surface area (Å²) < 4.78 is 7.73. The molecule has 1 heterocycles. The van der Waals surface area contributed by atoms with Crippen molar-refractivity contribution < 1.29 is 19.6 Å². The molecule has 35 heavy (non-hydrogen) atoms. The number of nitro groups is 1. The van der Waals surface area contributed by atoms with E-state index in [0.717, 1.165) is 28.4 Å². The highest BCUT2D eigenvalue weighted by Crippen LogP contribution is 2.33. The van der Waals surface area contributed by atoms with Crippen LogP contribution >= 0.6 is 27.7 Å². The number of phenols is 1. The van der Waals surface area contributed by atoms with E-state index in [1.54, 1.807) is 13.0 Å². The van der Waals surface area contributed by atoms with Gasteiger partial charge >= 0.3 is 0 Å². The maximum absolute atomic E-state index is 12.6. The first kappa shape index (κ1) is 25.9. The number of carbonyl (C=O) groups is 1. The van der Waals surface area contributed by atoms with E-state index in [4.69, 9.17) is 4.74 Å². The van der Waals surface area contributed by atoms with E-state index in [1.807, 2.05) is 28.8 Å². The zero-order valence-corrected chi connectivity index (χ0v) is 21.1. The van der Waals surface area contributed by atoms with Crippen molar-refractivity contribution in [2.75, 3.05) is 7.11 Å². The number of ether oxygens (including phenoxy) is 1. The number of aromatic nitrogens is 3. The normalized spacial score (nSPS) is 11.9. The second-order valence-electron chi connectivity index (χ2n) is 7.05. The number of rotatable bonds is 10. The van der Waals surface area contributed by atoms with Gasteiger partial charge in [0, 0.05) is 28.2 Å². The van der Waals surface area contributed by atoms with Crippen LogP contribution in [0.2, 0.25) is 0 Å². The average molecular weight is 561 g/mol. The summed E-state index contributed by atoms with van der Waals surface area (Å²) in [7, 11) is 1.27. The number of halogens is 1. The van der Waals surface area contributed by atoms with Crippen LogP contribution in [0.25, 0.3) is 11.4 Å². The van der Waals surface area contributed by atoms with E-state index in [9.17, 15) is 20.0 Å².